The van der Waals surface area contributed by atoms with Crippen molar-refractivity contribution in [2.75, 3.05) is 0 Å². The number of nitrogens with zero attached hydrogens (tertiary/aromatic N) is 5. The molecule has 3 heterocycles. The fraction of sp³-hybridized carbons (Fsp3) is 0.188. The Hall–Kier alpha value is -3.43. The minimum atomic E-state index is -2.82. The van der Waals surface area contributed by atoms with Gasteiger partial charge in [0.1, 0.15) is 17.9 Å². The van der Waals surface area contributed by atoms with Crippen LogP contribution in [0.15, 0.2) is 39.4 Å². The van der Waals surface area contributed by atoms with Gasteiger partial charge in [-0.25, -0.2) is 15.0 Å². The Morgan fingerprint density at radius 1 is 1.12 bits per heavy atom. The highest BCUT2D eigenvalue weighted by molar-refractivity contribution is 5.74. The van der Waals surface area contributed by atoms with Crippen LogP contribution in [-0.2, 0) is 6.61 Å². The molecule has 0 radical (unpaired) electrons. The van der Waals surface area contributed by atoms with Gasteiger partial charge < -0.3 is 13.6 Å². The fourth-order valence-electron chi connectivity index (χ4n) is 2.24. The smallest absolute Gasteiger partial charge is 0.314 e. The Bertz CT molecular complexity index is 1050. The molecule has 4 aromatic rings. The van der Waals surface area contributed by atoms with E-state index >= 15 is 0 Å². The normalized spacial score (nSPS) is 11.4. The number of fused-ring (bicyclic) bond motifs is 1. The van der Waals surface area contributed by atoms with Crippen molar-refractivity contribution in [1.29, 1.82) is 0 Å². The summed E-state index contributed by atoms with van der Waals surface area (Å²) < 4.78 is 40.8. The minimum absolute atomic E-state index is 0.0698. The molecule has 8 nitrogen and oxygen atoms in total. The van der Waals surface area contributed by atoms with Gasteiger partial charge in [-0.2, -0.15) is 8.78 Å². The topological polar surface area (TPSA) is 100.0 Å². The lowest BCUT2D eigenvalue weighted by atomic mass is 10.3. The molecular weight excluding hydrogens is 348 g/mol. The van der Waals surface area contributed by atoms with E-state index in [1.165, 1.54) is 12.4 Å². The molecule has 0 atom stereocenters. The maximum Gasteiger partial charge on any atom is 0.314 e. The number of alkyl halides is 2. The molecule has 0 saturated heterocycles. The lowest BCUT2D eigenvalue weighted by Gasteiger charge is -2.05. The second-order valence-corrected chi connectivity index (χ2v) is 5.29. The van der Waals surface area contributed by atoms with Crippen molar-refractivity contribution in [3.8, 4) is 17.2 Å². The van der Waals surface area contributed by atoms with Gasteiger partial charge in [0, 0.05) is 25.4 Å². The quantitative estimate of drug-likeness (QED) is 0.534. The van der Waals surface area contributed by atoms with Gasteiger partial charge in [0.25, 0.3) is 11.8 Å². The summed E-state index contributed by atoms with van der Waals surface area (Å²) in [5, 5.41) is 6.79. The van der Waals surface area contributed by atoms with Crippen LogP contribution in [0.5, 0.6) is 5.75 Å². The summed E-state index contributed by atoms with van der Waals surface area (Å²) in [5.74, 6) is 0.758. The van der Waals surface area contributed by atoms with E-state index in [0.717, 1.165) is 0 Å². The third kappa shape index (κ3) is 3.21. The maximum absolute atomic E-state index is 12.5. The number of hydrogen-bond acceptors (Lipinski definition) is 8. The highest BCUT2D eigenvalue weighted by Crippen LogP contribution is 2.23. The summed E-state index contributed by atoms with van der Waals surface area (Å²) in [7, 11) is 0. The highest BCUT2D eigenvalue weighted by Gasteiger charge is 2.17. The molecular formula is C16H11F2N5O3. The zero-order chi connectivity index (χ0) is 18.1. The summed E-state index contributed by atoms with van der Waals surface area (Å²) in [6.45, 7) is 1.89. The van der Waals surface area contributed by atoms with E-state index in [-0.39, 0.29) is 12.5 Å². The molecule has 3 aromatic heterocycles. The average Bonchev–Trinajstić information content (AvgIpc) is 3.26. The van der Waals surface area contributed by atoms with Gasteiger partial charge in [0.2, 0.25) is 0 Å². The standard InChI is InChI=1S/C16H11F2N5O3/c1-8-21-11-4-10(2-3-12(11)25-8)24-7-13-19-5-9(6-20-13)15-22-23-16(26-15)14(17)18/h2-6,14H,7H2,1H3. The number of aromatic nitrogens is 5. The lowest BCUT2D eigenvalue weighted by Crippen LogP contribution is -2.01. The molecule has 0 aliphatic rings. The molecule has 0 amide bonds. The van der Waals surface area contributed by atoms with Crippen LogP contribution in [0.4, 0.5) is 8.78 Å². The van der Waals surface area contributed by atoms with Crippen LogP contribution in [0.25, 0.3) is 22.6 Å². The summed E-state index contributed by atoms with van der Waals surface area (Å²) in [6.07, 6.45) is -0.0206. The van der Waals surface area contributed by atoms with Crippen molar-refractivity contribution in [3.05, 3.63) is 48.2 Å². The third-order valence-electron chi connectivity index (χ3n) is 3.41. The highest BCUT2D eigenvalue weighted by atomic mass is 19.3. The second kappa shape index (κ2) is 6.47. The van der Waals surface area contributed by atoms with Crippen LogP contribution < -0.4 is 4.74 Å². The molecule has 1 aromatic carbocycles. The molecule has 0 bridgehead atoms. The molecule has 10 heteroatoms. The van der Waals surface area contributed by atoms with Gasteiger partial charge >= 0.3 is 6.43 Å². The van der Waals surface area contributed by atoms with Crippen molar-refractivity contribution < 1.29 is 22.4 Å². The van der Waals surface area contributed by atoms with Crippen molar-refractivity contribution in [2.24, 2.45) is 0 Å². The molecule has 0 spiro atoms. The largest absolute Gasteiger partial charge is 0.486 e. The fourth-order valence-corrected chi connectivity index (χ4v) is 2.24. The van der Waals surface area contributed by atoms with Crippen LogP contribution in [-0.4, -0.2) is 25.1 Å². The first kappa shape index (κ1) is 16.1. The second-order valence-electron chi connectivity index (χ2n) is 5.29. The van der Waals surface area contributed by atoms with Crippen molar-refractivity contribution in [3.63, 3.8) is 0 Å². The van der Waals surface area contributed by atoms with E-state index < -0.39 is 12.3 Å². The van der Waals surface area contributed by atoms with Gasteiger partial charge in [0.15, 0.2) is 17.3 Å². The van der Waals surface area contributed by atoms with Gasteiger partial charge in [-0.15, -0.1) is 10.2 Å². The SMILES string of the molecule is Cc1nc2cc(OCc3ncc(-c4nnc(C(F)F)o4)cn3)ccc2o1. The van der Waals surface area contributed by atoms with E-state index in [9.17, 15) is 8.78 Å². The molecule has 0 unspecified atom stereocenters. The molecule has 0 aliphatic heterocycles. The number of rotatable bonds is 5. The zero-order valence-electron chi connectivity index (χ0n) is 13.4. The number of ether oxygens (including phenoxy) is 1. The van der Waals surface area contributed by atoms with Gasteiger partial charge in [-0.3, -0.25) is 0 Å². The molecule has 0 fully saturated rings. The number of benzene rings is 1. The van der Waals surface area contributed by atoms with Crippen LogP contribution in [0.1, 0.15) is 24.0 Å². The Kier molecular flexibility index (Phi) is 3.99. The Morgan fingerprint density at radius 3 is 2.65 bits per heavy atom. The van der Waals surface area contributed by atoms with E-state index in [4.69, 9.17) is 13.6 Å². The zero-order valence-corrected chi connectivity index (χ0v) is 13.4. The molecule has 0 aliphatic carbocycles. The summed E-state index contributed by atoms with van der Waals surface area (Å²) >= 11 is 0. The molecule has 4 rings (SSSR count). The molecule has 0 N–H and O–H groups in total. The van der Waals surface area contributed by atoms with Crippen LogP contribution in [0, 0.1) is 6.92 Å². The van der Waals surface area contributed by atoms with E-state index in [2.05, 4.69) is 25.1 Å². The molecule has 132 valence electrons. The van der Waals surface area contributed by atoms with Gasteiger partial charge in [-0.05, 0) is 12.1 Å². The lowest BCUT2D eigenvalue weighted by molar-refractivity contribution is 0.116. The van der Waals surface area contributed by atoms with Crippen molar-refractivity contribution in [1.82, 2.24) is 25.1 Å². The monoisotopic (exact) mass is 359 g/mol. The van der Waals surface area contributed by atoms with Crippen LogP contribution in [0.2, 0.25) is 0 Å². The number of aryl methyl sites for hydroxylation is 1. The van der Waals surface area contributed by atoms with Gasteiger partial charge in [-0.1, -0.05) is 0 Å². The first-order valence-electron chi connectivity index (χ1n) is 7.51. The Morgan fingerprint density at radius 2 is 1.92 bits per heavy atom. The van der Waals surface area contributed by atoms with Crippen molar-refractivity contribution >= 4 is 11.1 Å². The Balaban J connectivity index is 1.44. The van der Waals surface area contributed by atoms with Gasteiger partial charge in [0.05, 0.1) is 5.56 Å². The summed E-state index contributed by atoms with van der Waals surface area (Å²) in [5.41, 5.74) is 1.72. The number of halogens is 2. The third-order valence-corrected chi connectivity index (χ3v) is 3.41. The van der Waals surface area contributed by atoms with Crippen molar-refractivity contribution in [2.45, 2.75) is 20.0 Å². The summed E-state index contributed by atoms with van der Waals surface area (Å²) in [6, 6.07) is 5.28. The van der Waals surface area contributed by atoms with E-state index in [1.807, 2.05) is 0 Å². The summed E-state index contributed by atoms with van der Waals surface area (Å²) in [4.78, 5) is 12.4. The van der Waals surface area contributed by atoms with E-state index in [1.54, 1.807) is 25.1 Å². The Labute approximate surface area is 144 Å². The van der Waals surface area contributed by atoms with E-state index in [0.29, 0.717) is 34.1 Å². The first-order valence-corrected chi connectivity index (χ1v) is 7.51. The van der Waals surface area contributed by atoms with Crippen LogP contribution >= 0.6 is 0 Å². The predicted molar refractivity (Wildman–Crippen MR) is 83.4 cm³/mol. The number of hydrogen-bond donors (Lipinski definition) is 0. The molecule has 26 heavy (non-hydrogen) atoms. The van der Waals surface area contributed by atoms with Crippen LogP contribution in [0.3, 0.4) is 0 Å². The first-order chi connectivity index (χ1) is 12.6. The predicted octanol–water partition coefficient (Wildman–Crippen LogP) is 3.49. The number of oxazole rings is 1. The minimum Gasteiger partial charge on any atom is -0.486 e. The molecule has 0 saturated carbocycles. The maximum atomic E-state index is 12.5. The average molecular weight is 359 g/mol.